The Bertz CT molecular complexity index is 116. The molecule has 0 radical (unpaired) electrons. The van der Waals surface area contributed by atoms with E-state index in [2.05, 4.69) is 0 Å². The highest BCUT2D eigenvalue weighted by molar-refractivity contribution is 5.73. The summed E-state index contributed by atoms with van der Waals surface area (Å²) < 4.78 is 0. The fourth-order valence-electron chi connectivity index (χ4n) is 0.842. The average Bonchev–Trinajstić information content (AvgIpc) is 1.97. The van der Waals surface area contributed by atoms with Crippen LogP contribution in [0.5, 0.6) is 0 Å². The fraction of sp³-hybridized carbons (Fsp3) is 0.857. The monoisotopic (exact) mass is 161 g/mol. The van der Waals surface area contributed by atoms with Gasteiger partial charge >= 0.3 is 5.97 Å². The van der Waals surface area contributed by atoms with Crippen molar-refractivity contribution >= 4 is 5.97 Å². The van der Waals surface area contributed by atoms with Crippen molar-refractivity contribution in [3.05, 3.63) is 0 Å². The van der Waals surface area contributed by atoms with Gasteiger partial charge in [-0.25, -0.2) is 0 Å². The van der Waals surface area contributed by atoms with Crippen LogP contribution in [0.1, 0.15) is 32.6 Å². The highest BCUT2D eigenvalue weighted by Crippen LogP contribution is 2.02. The lowest BCUT2D eigenvalue weighted by molar-refractivity contribution is -0.142. The van der Waals surface area contributed by atoms with Crippen molar-refractivity contribution in [2.24, 2.45) is 0 Å². The van der Waals surface area contributed by atoms with Crippen LogP contribution in [0.3, 0.4) is 0 Å². The Morgan fingerprint density at radius 1 is 1.55 bits per heavy atom. The minimum atomic E-state index is -0.997. The zero-order valence-electron chi connectivity index (χ0n) is 6.71. The van der Waals surface area contributed by atoms with Gasteiger partial charge in [0.25, 0.3) is 0 Å². The first-order chi connectivity index (χ1) is 5.22. The Labute approximate surface area is 66.2 Å². The maximum atomic E-state index is 10.3. The van der Waals surface area contributed by atoms with Crippen LogP contribution in [0.25, 0.3) is 0 Å². The maximum Gasteiger partial charge on any atom is 0.323 e. The first-order valence-electron chi connectivity index (χ1n) is 3.84. The van der Waals surface area contributed by atoms with Crippen molar-refractivity contribution in [1.29, 1.82) is 0 Å². The molecule has 0 saturated carbocycles. The number of nitrogens with one attached hydrogen (secondary N) is 1. The van der Waals surface area contributed by atoms with E-state index in [-0.39, 0.29) is 0 Å². The number of rotatable bonds is 6. The molecule has 0 fully saturated rings. The highest BCUT2D eigenvalue weighted by atomic mass is 16.5. The van der Waals surface area contributed by atoms with Gasteiger partial charge in [0, 0.05) is 0 Å². The molecule has 0 aromatic rings. The molecule has 1 atom stereocenters. The lowest BCUT2D eigenvalue weighted by atomic mass is 10.1. The topological polar surface area (TPSA) is 69.6 Å². The minimum absolute atomic E-state index is 0.486. The highest BCUT2D eigenvalue weighted by Gasteiger charge is 2.14. The summed E-state index contributed by atoms with van der Waals surface area (Å²) in [5.41, 5.74) is 1.76. The molecular weight excluding hydrogens is 146 g/mol. The Morgan fingerprint density at radius 3 is 2.55 bits per heavy atom. The Hall–Kier alpha value is -0.610. The number of aliphatic carboxylic acids is 1. The van der Waals surface area contributed by atoms with Crippen molar-refractivity contribution in [3.8, 4) is 0 Å². The zero-order valence-corrected chi connectivity index (χ0v) is 6.71. The summed E-state index contributed by atoms with van der Waals surface area (Å²) >= 11 is 0. The molecule has 4 nitrogen and oxygen atoms in total. The largest absolute Gasteiger partial charge is 0.480 e. The molecule has 0 amide bonds. The van der Waals surface area contributed by atoms with E-state index in [1.165, 1.54) is 0 Å². The van der Waals surface area contributed by atoms with Crippen LogP contribution in [-0.2, 0) is 4.79 Å². The van der Waals surface area contributed by atoms with E-state index in [1.54, 1.807) is 5.48 Å². The Kier molecular flexibility index (Phi) is 5.78. The average molecular weight is 161 g/mol. The summed E-state index contributed by atoms with van der Waals surface area (Å²) in [5.74, 6) is -0.997. The molecule has 0 aromatic heterocycles. The van der Waals surface area contributed by atoms with Crippen molar-refractivity contribution < 1.29 is 15.1 Å². The van der Waals surface area contributed by atoms with Crippen molar-refractivity contribution in [2.75, 3.05) is 0 Å². The third-order valence-electron chi connectivity index (χ3n) is 1.55. The van der Waals surface area contributed by atoms with Crippen LogP contribution < -0.4 is 5.48 Å². The molecule has 0 rings (SSSR count). The van der Waals surface area contributed by atoms with E-state index in [0.29, 0.717) is 6.42 Å². The molecule has 66 valence electrons. The van der Waals surface area contributed by atoms with Gasteiger partial charge in [-0.05, 0) is 6.42 Å². The smallest absolute Gasteiger partial charge is 0.323 e. The number of hydrogen-bond donors (Lipinski definition) is 3. The predicted molar refractivity (Wildman–Crippen MR) is 40.5 cm³/mol. The SMILES string of the molecule is CCCCCC(NO)C(=O)O. The van der Waals surface area contributed by atoms with Crippen LogP contribution in [0.2, 0.25) is 0 Å². The number of carboxylic acid groups (broad SMARTS) is 1. The third kappa shape index (κ3) is 4.75. The second kappa shape index (κ2) is 6.12. The lowest BCUT2D eigenvalue weighted by Gasteiger charge is -2.08. The molecule has 0 heterocycles. The van der Waals surface area contributed by atoms with Gasteiger partial charge in [-0.2, -0.15) is 5.48 Å². The van der Waals surface area contributed by atoms with Gasteiger partial charge in [-0.1, -0.05) is 26.2 Å². The minimum Gasteiger partial charge on any atom is -0.480 e. The molecule has 11 heavy (non-hydrogen) atoms. The van der Waals surface area contributed by atoms with E-state index >= 15 is 0 Å². The van der Waals surface area contributed by atoms with Gasteiger partial charge in [0.15, 0.2) is 0 Å². The van der Waals surface area contributed by atoms with Crippen LogP contribution in [0.4, 0.5) is 0 Å². The molecule has 0 bridgehead atoms. The molecule has 0 saturated heterocycles. The zero-order chi connectivity index (χ0) is 8.69. The molecule has 0 aromatic carbocycles. The van der Waals surface area contributed by atoms with Crippen molar-refractivity contribution in [1.82, 2.24) is 5.48 Å². The fourth-order valence-corrected chi connectivity index (χ4v) is 0.842. The number of carbonyl (C=O) groups is 1. The van der Waals surface area contributed by atoms with Gasteiger partial charge < -0.3 is 10.3 Å². The van der Waals surface area contributed by atoms with Gasteiger partial charge in [0.05, 0.1) is 0 Å². The molecule has 0 spiro atoms. The molecule has 3 N–H and O–H groups in total. The lowest BCUT2D eigenvalue weighted by Crippen LogP contribution is -2.34. The van der Waals surface area contributed by atoms with Gasteiger partial charge in [-0.3, -0.25) is 4.79 Å². The van der Waals surface area contributed by atoms with E-state index < -0.39 is 12.0 Å². The summed E-state index contributed by atoms with van der Waals surface area (Å²) in [6.07, 6.45) is 3.38. The summed E-state index contributed by atoms with van der Waals surface area (Å²) in [4.78, 5) is 10.3. The van der Waals surface area contributed by atoms with Gasteiger partial charge in [0.2, 0.25) is 0 Å². The first-order valence-corrected chi connectivity index (χ1v) is 3.84. The van der Waals surface area contributed by atoms with Gasteiger partial charge in [0.1, 0.15) is 6.04 Å². The first kappa shape index (κ1) is 10.4. The molecule has 4 heteroatoms. The van der Waals surface area contributed by atoms with Crippen LogP contribution in [0.15, 0.2) is 0 Å². The third-order valence-corrected chi connectivity index (χ3v) is 1.55. The van der Waals surface area contributed by atoms with Crippen LogP contribution in [-0.4, -0.2) is 22.3 Å². The van der Waals surface area contributed by atoms with Crippen LogP contribution >= 0.6 is 0 Å². The molecule has 0 aliphatic heterocycles. The van der Waals surface area contributed by atoms with E-state index in [0.717, 1.165) is 19.3 Å². The maximum absolute atomic E-state index is 10.3. The number of unbranched alkanes of at least 4 members (excludes halogenated alkanes) is 2. The number of carboxylic acids is 1. The summed E-state index contributed by atoms with van der Waals surface area (Å²) in [7, 11) is 0. The molecular formula is C7H15NO3. The van der Waals surface area contributed by atoms with E-state index in [4.69, 9.17) is 10.3 Å². The number of hydrogen-bond acceptors (Lipinski definition) is 3. The summed E-state index contributed by atoms with van der Waals surface area (Å²) in [6, 6.07) is -0.804. The van der Waals surface area contributed by atoms with E-state index in [1.807, 2.05) is 6.92 Å². The van der Waals surface area contributed by atoms with Crippen molar-refractivity contribution in [2.45, 2.75) is 38.6 Å². The van der Waals surface area contributed by atoms with E-state index in [9.17, 15) is 4.79 Å². The predicted octanol–water partition coefficient (Wildman–Crippen LogP) is 0.999. The molecule has 1 unspecified atom stereocenters. The second-order valence-electron chi connectivity index (χ2n) is 2.52. The number of hydroxylamine groups is 1. The second-order valence-corrected chi connectivity index (χ2v) is 2.52. The summed E-state index contributed by atoms with van der Waals surface area (Å²) in [5, 5.41) is 16.8. The quantitative estimate of drug-likeness (QED) is 0.401. The van der Waals surface area contributed by atoms with Crippen LogP contribution in [0, 0.1) is 0 Å². The normalized spacial score (nSPS) is 12.9. The molecule has 0 aliphatic rings. The summed E-state index contributed by atoms with van der Waals surface area (Å²) in [6.45, 7) is 2.04. The standard InChI is InChI=1S/C7H15NO3/c1-2-3-4-5-6(8-11)7(9)10/h6,8,11H,2-5H2,1H3,(H,9,10). The van der Waals surface area contributed by atoms with Gasteiger partial charge in [-0.15, -0.1) is 0 Å². The molecule has 0 aliphatic carbocycles. The van der Waals surface area contributed by atoms with Crippen molar-refractivity contribution in [3.63, 3.8) is 0 Å². The Balaban J connectivity index is 3.44. The Morgan fingerprint density at radius 2 is 2.18 bits per heavy atom.